The van der Waals surface area contributed by atoms with Crippen LogP contribution in [0.15, 0.2) is 30.6 Å². The normalized spacial score (nSPS) is 15.2. The Balaban J connectivity index is 1.74. The lowest BCUT2D eigenvalue weighted by molar-refractivity contribution is 0.0643. The number of halogens is 3. The van der Waals surface area contributed by atoms with Gasteiger partial charge in [-0.15, -0.1) is 0 Å². The topological polar surface area (TPSA) is 48.5 Å². The van der Waals surface area contributed by atoms with Crippen LogP contribution < -0.4 is 5.32 Å². The van der Waals surface area contributed by atoms with Crippen molar-refractivity contribution in [2.75, 3.05) is 38.0 Å². The SMILES string of the molecule is CCN1CCN(C(=O)c2cncc(Nc3ccc(F)c(F)c3F)c2)CC1. The molecule has 26 heavy (non-hydrogen) atoms. The number of benzene rings is 1. The molecule has 1 aromatic carbocycles. The summed E-state index contributed by atoms with van der Waals surface area (Å²) in [6.45, 7) is 5.91. The predicted octanol–water partition coefficient (Wildman–Crippen LogP) is 3.02. The lowest BCUT2D eigenvalue weighted by Crippen LogP contribution is -2.48. The van der Waals surface area contributed by atoms with Crippen LogP contribution in [0.1, 0.15) is 17.3 Å². The fourth-order valence-corrected chi connectivity index (χ4v) is 2.85. The summed E-state index contributed by atoms with van der Waals surface area (Å²) in [6.07, 6.45) is 2.81. The van der Waals surface area contributed by atoms with Crippen molar-refractivity contribution in [3.05, 3.63) is 53.6 Å². The molecule has 0 saturated carbocycles. The van der Waals surface area contributed by atoms with Gasteiger partial charge in [0.15, 0.2) is 17.5 Å². The zero-order valence-corrected chi connectivity index (χ0v) is 14.3. The van der Waals surface area contributed by atoms with Crippen LogP contribution in [-0.4, -0.2) is 53.4 Å². The van der Waals surface area contributed by atoms with Gasteiger partial charge in [0, 0.05) is 32.4 Å². The van der Waals surface area contributed by atoms with E-state index in [9.17, 15) is 18.0 Å². The third-order valence-corrected chi connectivity index (χ3v) is 4.41. The van der Waals surface area contributed by atoms with Gasteiger partial charge in [0.05, 0.1) is 23.1 Å². The van der Waals surface area contributed by atoms with Crippen molar-refractivity contribution in [2.45, 2.75) is 6.92 Å². The molecule has 138 valence electrons. The first kappa shape index (κ1) is 18.2. The molecular formula is C18H19F3N4O. The molecule has 2 aromatic rings. The number of likely N-dealkylation sites (N-methyl/N-ethyl adjacent to an activating group) is 1. The minimum absolute atomic E-state index is 0.164. The van der Waals surface area contributed by atoms with E-state index in [1.807, 2.05) is 0 Å². The Morgan fingerprint density at radius 3 is 2.54 bits per heavy atom. The molecule has 0 radical (unpaired) electrons. The summed E-state index contributed by atoms with van der Waals surface area (Å²) in [5.74, 6) is -4.30. The van der Waals surface area contributed by atoms with E-state index in [0.717, 1.165) is 31.8 Å². The molecule has 5 nitrogen and oxygen atoms in total. The second-order valence-electron chi connectivity index (χ2n) is 6.04. The number of nitrogens with zero attached hydrogens (tertiary/aromatic N) is 3. The van der Waals surface area contributed by atoms with E-state index >= 15 is 0 Å². The van der Waals surface area contributed by atoms with Gasteiger partial charge in [0.25, 0.3) is 5.91 Å². The second-order valence-corrected chi connectivity index (χ2v) is 6.04. The van der Waals surface area contributed by atoms with Gasteiger partial charge in [-0.05, 0) is 24.7 Å². The summed E-state index contributed by atoms with van der Waals surface area (Å²) in [5, 5.41) is 2.63. The van der Waals surface area contributed by atoms with Gasteiger partial charge < -0.3 is 15.1 Å². The number of nitrogens with one attached hydrogen (secondary N) is 1. The number of carbonyl (C=O) groups excluding carboxylic acids is 1. The molecule has 0 bridgehead atoms. The first-order chi connectivity index (χ1) is 12.5. The largest absolute Gasteiger partial charge is 0.352 e. The number of amides is 1. The first-order valence-electron chi connectivity index (χ1n) is 8.36. The van der Waals surface area contributed by atoms with Crippen LogP contribution in [0.4, 0.5) is 24.5 Å². The van der Waals surface area contributed by atoms with Crippen molar-refractivity contribution < 1.29 is 18.0 Å². The number of pyridine rings is 1. The van der Waals surface area contributed by atoms with Gasteiger partial charge in [0.2, 0.25) is 0 Å². The summed E-state index contributed by atoms with van der Waals surface area (Å²) in [6, 6.07) is 3.44. The van der Waals surface area contributed by atoms with Gasteiger partial charge in [-0.25, -0.2) is 13.2 Å². The molecule has 0 atom stereocenters. The van der Waals surface area contributed by atoms with E-state index in [4.69, 9.17) is 0 Å². The molecule has 1 aliphatic heterocycles. The van der Waals surface area contributed by atoms with Crippen molar-refractivity contribution in [1.82, 2.24) is 14.8 Å². The van der Waals surface area contributed by atoms with E-state index in [1.165, 1.54) is 18.5 Å². The van der Waals surface area contributed by atoms with Crippen molar-refractivity contribution in [3.63, 3.8) is 0 Å². The second kappa shape index (κ2) is 7.74. The third kappa shape index (κ3) is 3.80. The quantitative estimate of drug-likeness (QED) is 0.848. The summed E-state index contributed by atoms with van der Waals surface area (Å²) >= 11 is 0. The number of carbonyl (C=O) groups is 1. The lowest BCUT2D eigenvalue weighted by Gasteiger charge is -2.34. The Bertz CT molecular complexity index is 807. The molecular weight excluding hydrogens is 345 g/mol. The summed E-state index contributed by atoms with van der Waals surface area (Å²) < 4.78 is 40.1. The average molecular weight is 364 g/mol. The van der Waals surface area contributed by atoms with Crippen LogP contribution in [0.2, 0.25) is 0 Å². The zero-order valence-electron chi connectivity index (χ0n) is 14.3. The standard InChI is InChI=1S/C18H19F3N4O/c1-2-24-5-7-25(8-6-24)18(26)12-9-13(11-22-10-12)23-15-4-3-14(19)16(20)17(15)21/h3-4,9-11,23H,2,5-8H2,1H3. The highest BCUT2D eigenvalue weighted by molar-refractivity contribution is 5.95. The number of hydrogen-bond acceptors (Lipinski definition) is 4. The van der Waals surface area contributed by atoms with Crippen molar-refractivity contribution in [3.8, 4) is 0 Å². The maximum absolute atomic E-state index is 13.8. The number of hydrogen-bond donors (Lipinski definition) is 1. The number of anilines is 2. The van der Waals surface area contributed by atoms with Gasteiger partial charge in [0.1, 0.15) is 0 Å². The van der Waals surface area contributed by atoms with Crippen LogP contribution in [0.25, 0.3) is 0 Å². The van der Waals surface area contributed by atoms with Crippen molar-refractivity contribution in [1.29, 1.82) is 0 Å². The summed E-state index contributed by atoms with van der Waals surface area (Å²) in [5.41, 5.74) is 0.433. The molecule has 3 rings (SSSR count). The van der Waals surface area contributed by atoms with Crippen molar-refractivity contribution in [2.24, 2.45) is 0 Å². The molecule has 1 saturated heterocycles. The molecule has 0 aliphatic carbocycles. The fourth-order valence-electron chi connectivity index (χ4n) is 2.85. The van der Waals surface area contributed by atoms with E-state index in [2.05, 4.69) is 22.1 Å². The zero-order chi connectivity index (χ0) is 18.7. The van der Waals surface area contributed by atoms with E-state index < -0.39 is 17.5 Å². The molecule has 0 spiro atoms. The number of piperazine rings is 1. The monoisotopic (exact) mass is 364 g/mol. The maximum atomic E-state index is 13.8. The molecule has 1 N–H and O–H groups in total. The van der Waals surface area contributed by atoms with Crippen LogP contribution in [0, 0.1) is 17.5 Å². The minimum Gasteiger partial charge on any atom is -0.352 e. The molecule has 1 aliphatic rings. The highest BCUT2D eigenvalue weighted by Crippen LogP contribution is 2.24. The van der Waals surface area contributed by atoms with Crippen LogP contribution in [0.5, 0.6) is 0 Å². The maximum Gasteiger partial charge on any atom is 0.255 e. The third-order valence-electron chi connectivity index (χ3n) is 4.41. The fraction of sp³-hybridized carbons (Fsp3) is 0.333. The first-order valence-corrected chi connectivity index (χ1v) is 8.36. The van der Waals surface area contributed by atoms with Gasteiger partial charge >= 0.3 is 0 Å². The smallest absolute Gasteiger partial charge is 0.255 e. The van der Waals surface area contributed by atoms with E-state index in [0.29, 0.717) is 24.3 Å². The Morgan fingerprint density at radius 2 is 1.85 bits per heavy atom. The van der Waals surface area contributed by atoms with Crippen LogP contribution in [0.3, 0.4) is 0 Å². The molecule has 0 unspecified atom stereocenters. The molecule has 2 heterocycles. The Hall–Kier alpha value is -2.61. The van der Waals surface area contributed by atoms with Crippen LogP contribution in [-0.2, 0) is 0 Å². The molecule has 1 fully saturated rings. The van der Waals surface area contributed by atoms with E-state index in [-0.39, 0.29) is 11.6 Å². The lowest BCUT2D eigenvalue weighted by atomic mass is 10.2. The van der Waals surface area contributed by atoms with Gasteiger partial charge in [-0.2, -0.15) is 0 Å². The Kier molecular flexibility index (Phi) is 5.41. The molecule has 1 aromatic heterocycles. The average Bonchev–Trinajstić information content (AvgIpc) is 2.68. The highest BCUT2D eigenvalue weighted by atomic mass is 19.2. The molecule has 8 heteroatoms. The van der Waals surface area contributed by atoms with Crippen molar-refractivity contribution >= 4 is 17.3 Å². The predicted molar refractivity (Wildman–Crippen MR) is 91.9 cm³/mol. The highest BCUT2D eigenvalue weighted by Gasteiger charge is 2.22. The molecule has 1 amide bonds. The number of rotatable bonds is 4. The van der Waals surface area contributed by atoms with Gasteiger partial charge in [-0.3, -0.25) is 9.78 Å². The Labute approximate surface area is 149 Å². The minimum atomic E-state index is -1.55. The summed E-state index contributed by atoms with van der Waals surface area (Å²) in [7, 11) is 0. The summed E-state index contributed by atoms with van der Waals surface area (Å²) in [4.78, 5) is 20.6. The van der Waals surface area contributed by atoms with Crippen LogP contribution >= 0.6 is 0 Å². The van der Waals surface area contributed by atoms with Gasteiger partial charge in [-0.1, -0.05) is 6.92 Å². The van der Waals surface area contributed by atoms with E-state index in [1.54, 1.807) is 4.90 Å². The number of aromatic nitrogens is 1. The Morgan fingerprint density at radius 1 is 1.12 bits per heavy atom.